The monoisotopic (exact) mass is 766 g/mol. The maximum Gasteiger partial charge on any atom is 0.188 e. The Bertz CT molecular complexity index is 3510. The molecule has 8 heteroatoms. The van der Waals surface area contributed by atoms with E-state index in [9.17, 15) is 5.26 Å². The predicted molar refractivity (Wildman–Crippen MR) is 239 cm³/mol. The van der Waals surface area contributed by atoms with Gasteiger partial charge in [0.1, 0.15) is 0 Å². The van der Waals surface area contributed by atoms with Gasteiger partial charge in [-0.3, -0.25) is 4.98 Å². The molecule has 0 amide bonds. The van der Waals surface area contributed by atoms with Gasteiger partial charge in [0.2, 0.25) is 0 Å². The standard InChI is InChI=1S/C52H30N8/c1-54-37-22-25-47-43(30-37)39-17-9-10-18-44(39)59(47)48-29-36(52-57-50(34-12-4-2-5-13-34)56-51(58-52)35-14-6-3-7-15-35)21-23-40(48)41-26-27-55-32-49(41)60-45-19-11-8-16-38(45)42-28-33(31-53)20-24-46(42)60/h2-30,32H. The summed E-state index contributed by atoms with van der Waals surface area (Å²) in [5.74, 6) is 1.70. The molecule has 8 nitrogen and oxygen atoms in total. The van der Waals surface area contributed by atoms with E-state index in [2.05, 4.69) is 68.6 Å². The zero-order valence-electron chi connectivity index (χ0n) is 31.9. The first-order valence-electron chi connectivity index (χ1n) is 19.5. The molecule has 0 aliphatic rings. The Morgan fingerprint density at radius 1 is 0.467 bits per heavy atom. The Morgan fingerprint density at radius 2 is 1.00 bits per heavy atom. The summed E-state index contributed by atoms with van der Waals surface area (Å²) in [7, 11) is 0. The molecular weight excluding hydrogens is 737 g/mol. The van der Waals surface area contributed by atoms with Gasteiger partial charge in [-0.25, -0.2) is 19.8 Å². The first kappa shape index (κ1) is 34.5. The fraction of sp³-hybridized carbons (Fsp3) is 0. The van der Waals surface area contributed by atoms with Crippen LogP contribution in [0.2, 0.25) is 0 Å². The lowest BCUT2D eigenvalue weighted by Gasteiger charge is -2.19. The van der Waals surface area contributed by atoms with Gasteiger partial charge in [0.15, 0.2) is 23.2 Å². The molecule has 60 heavy (non-hydrogen) atoms. The second kappa shape index (κ2) is 14.0. The molecule has 278 valence electrons. The largest absolute Gasteiger partial charge is 0.309 e. The average molecular weight is 767 g/mol. The van der Waals surface area contributed by atoms with Gasteiger partial charge in [-0.1, -0.05) is 115 Å². The number of rotatable bonds is 6. The van der Waals surface area contributed by atoms with E-state index in [0.29, 0.717) is 28.7 Å². The Hall–Kier alpha value is -8.72. The zero-order chi connectivity index (χ0) is 40.2. The molecular formula is C52H30N8. The highest BCUT2D eigenvalue weighted by Gasteiger charge is 2.22. The van der Waals surface area contributed by atoms with Crippen molar-refractivity contribution in [2.45, 2.75) is 0 Å². The van der Waals surface area contributed by atoms with Crippen molar-refractivity contribution in [3.63, 3.8) is 0 Å². The third kappa shape index (κ3) is 5.60. The number of fused-ring (bicyclic) bond motifs is 6. The molecule has 4 heterocycles. The molecule has 0 N–H and O–H groups in total. The number of nitrogens with zero attached hydrogens (tertiary/aromatic N) is 8. The topological polar surface area (TPSA) is 89.6 Å². The van der Waals surface area contributed by atoms with Crippen molar-refractivity contribution in [1.29, 1.82) is 5.26 Å². The van der Waals surface area contributed by atoms with E-state index < -0.39 is 0 Å². The highest BCUT2D eigenvalue weighted by atomic mass is 15.0. The van der Waals surface area contributed by atoms with Crippen LogP contribution in [0.25, 0.3) is 105 Å². The average Bonchev–Trinajstić information content (AvgIpc) is 3.83. The number of hydrogen-bond donors (Lipinski definition) is 0. The molecule has 0 radical (unpaired) electrons. The Morgan fingerprint density at radius 3 is 1.63 bits per heavy atom. The van der Waals surface area contributed by atoms with E-state index in [1.54, 1.807) is 0 Å². The molecule has 11 rings (SSSR count). The lowest BCUT2D eigenvalue weighted by Crippen LogP contribution is -2.04. The quantitative estimate of drug-likeness (QED) is 0.157. The molecule has 0 atom stereocenters. The van der Waals surface area contributed by atoms with Crippen LogP contribution in [0, 0.1) is 17.9 Å². The van der Waals surface area contributed by atoms with Crippen LogP contribution in [-0.2, 0) is 0 Å². The summed E-state index contributed by atoms with van der Waals surface area (Å²) in [6.45, 7) is 7.83. The van der Waals surface area contributed by atoms with E-state index in [-0.39, 0.29) is 0 Å². The van der Waals surface area contributed by atoms with Crippen LogP contribution < -0.4 is 0 Å². The molecule has 0 spiro atoms. The fourth-order valence-electron chi connectivity index (χ4n) is 8.41. The fourth-order valence-corrected chi connectivity index (χ4v) is 8.41. The van der Waals surface area contributed by atoms with Crippen LogP contribution in [0.1, 0.15) is 5.56 Å². The minimum Gasteiger partial charge on any atom is -0.309 e. The molecule has 0 fully saturated rings. The van der Waals surface area contributed by atoms with Gasteiger partial charge in [0.05, 0.1) is 57.8 Å². The van der Waals surface area contributed by atoms with Gasteiger partial charge < -0.3 is 9.13 Å². The van der Waals surface area contributed by atoms with Crippen molar-refractivity contribution in [3.8, 4) is 62.7 Å². The number of hydrogen-bond acceptors (Lipinski definition) is 5. The van der Waals surface area contributed by atoms with Crippen LogP contribution >= 0.6 is 0 Å². The van der Waals surface area contributed by atoms with Crippen molar-refractivity contribution in [2.24, 2.45) is 0 Å². The molecule has 0 bridgehead atoms. The lowest BCUT2D eigenvalue weighted by atomic mass is 9.99. The number of nitriles is 1. The van der Waals surface area contributed by atoms with Crippen molar-refractivity contribution < 1.29 is 0 Å². The highest BCUT2D eigenvalue weighted by Crippen LogP contribution is 2.42. The van der Waals surface area contributed by atoms with Crippen LogP contribution in [0.5, 0.6) is 0 Å². The summed E-state index contributed by atoms with van der Waals surface area (Å²) >= 11 is 0. The number of pyridine rings is 1. The maximum atomic E-state index is 9.84. The summed E-state index contributed by atoms with van der Waals surface area (Å²) in [6, 6.07) is 59.1. The van der Waals surface area contributed by atoms with Gasteiger partial charge in [-0.15, -0.1) is 0 Å². The Labute approximate surface area is 344 Å². The molecule has 0 aliphatic heterocycles. The highest BCUT2D eigenvalue weighted by molar-refractivity contribution is 6.12. The Kier molecular flexibility index (Phi) is 8.07. The first-order valence-corrected chi connectivity index (χ1v) is 19.5. The van der Waals surface area contributed by atoms with Crippen LogP contribution in [0.4, 0.5) is 5.69 Å². The number of benzene rings is 7. The van der Waals surface area contributed by atoms with Crippen molar-refractivity contribution in [1.82, 2.24) is 29.1 Å². The van der Waals surface area contributed by atoms with Gasteiger partial charge in [0, 0.05) is 50.2 Å². The van der Waals surface area contributed by atoms with Gasteiger partial charge in [-0.05, 0) is 60.0 Å². The van der Waals surface area contributed by atoms with E-state index in [1.807, 2.05) is 134 Å². The maximum absolute atomic E-state index is 9.84. The molecule has 0 aliphatic carbocycles. The minimum atomic E-state index is 0.539. The van der Waals surface area contributed by atoms with Gasteiger partial charge >= 0.3 is 0 Å². The summed E-state index contributed by atoms with van der Waals surface area (Å²) in [6.07, 6.45) is 3.74. The minimum absolute atomic E-state index is 0.539. The summed E-state index contributed by atoms with van der Waals surface area (Å²) in [4.78, 5) is 23.7. The molecule has 0 saturated carbocycles. The third-order valence-corrected chi connectivity index (χ3v) is 11.1. The van der Waals surface area contributed by atoms with Crippen LogP contribution in [-0.4, -0.2) is 29.1 Å². The summed E-state index contributed by atoms with van der Waals surface area (Å²) in [5, 5.41) is 13.9. The molecule has 0 saturated heterocycles. The molecule has 7 aromatic carbocycles. The van der Waals surface area contributed by atoms with E-state index >= 15 is 0 Å². The third-order valence-electron chi connectivity index (χ3n) is 11.1. The van der Waals surface area contributed by atoms with Crippen molar-refractivity contribution in [3.05, 3.63) is 199 Å². The van der Waals surface area contributed by atoms with E-state index in [0.717, 1.165) is 82.8 Å². The second-order valence-corrected chi connectivity index (χ2v) is 14.5. The SMILES string of the molecule is [C-]#[N+]c1ccc2c(c1)c1ccccc1n2-c1cc(-c2nc(-c3ccccc3)nc(-c3ccccc3)n2)ccc1-c1ccncc1-n1c2ccccc2c2cc(C#N)ccc21. The summed E-state index contributed by atoms with van der Waals surface area (Å²) in [5.41, 5.74) is 11.4. The van der Waals surface area contributed by atoms with Crippen molar-refractivity contribution >= 4 is 49.3 Å². The number of aromatic nitrogens is 6. The van der Waals surface area contributed by atoms with Crippen molar-refractivity contribution in [2.75, 3.05) is 0 Å². The lowest BCUT2D eigenvalue weighted by molar-refractivity contribution is 1.07. The molecule has 11 aromatic rings. The zero-order valence-corrected chi connectivity index (χ0v) is 31.9. The Balaban J connectivity index is 1.22. The summed E-state index contributed by atoms with van der Waals surface area (Å²) < 4.78 is 4.52. The normalized spacial score (nSPS) is 11.3. The molecule has 0 unspecified atom stereocenters. The van der Waals surface area contributed by atoms with Gasteiger partial charge in [-0.2, -0.15) is 5.26 Å². The van der Waals surface area contributed by atoms with Crippen LogP contribution in [0.3, 0.4) is 0 Å². The number of para-hydroxylation sites is 2. The van der Waals surface area contributed by atoms with Gasteiger partial charge in [0.25, 0.3) is 0 Å². The van der Waals surface area contributed by atoms with Crippen LogP contribution in [0.15, 0.2) is 182 Å². The first-order chi connectivity index (χ1) is 29.7. The van der Waals surface area contributed by atoms with E-state index in [1.165, 1.54) is 0 Å². The second-order valence-electron chi connectivity index (χ2n) is 14.5. The smallest absolute Gasteiger partial charge is 0.188 e. The predicted octanol–water partition coefficient (Wildman–Crippen LogP) is 12.6. The van der Waals surface area contributed by atoms with E-state index in [4.69, 9.17) is 26.5 Å². The molecule has 4 aromatic heterocycles.